The molecule has 3 aromatic rings. The van der Waals surface area contributed by atoms with Crippen molar-refractivity contribution in [1.82, 2.24) is 25.1 Å². The molecule has 1 amide bonds. The van der Waals surface area contributed by atoms with Crippen molar-refractivity contribution in [2.45, 2.75) is 24.8 Å². The highest BCUT2D eigenvalue weighted by atomic mass is 35.5. The maximum atomic E-state index is 12.8. The zero-order valence-electron chi connectivity index (χ0n) is 13.4. The van der Waals surface area contributed by atoms with Crippen LogP contribution in [-0.2, 0) is 16.8 Å². The number of nitrogens with zero attached hydrogens (tertiary/aromatic N) is 4. The molecule has 7 heteroatoms. The number of carbonyl (C=O) groups is 1. The average Bonchev–Trinajstić information content (AvgIpc) is 3.27. The van der Waals surface area contributed by atoms with E-state index in [1.54, 1.807) is 17.2 Å². The molecule has 126 valence electrons. The molecular weight excluding hydrogens is 338 g/mol. The lowest BCUT2D eigenvalue weighted by molar-refractivity contribution is -0.123. The summed E-state index contributed by atoms with van der Waals surface area (Å²) in [6.45, 7) is 0.386. The zero-order chi connectivity index (χ0) is 17.3. The SMILES string of the molecule is O=C(NCc1cccnc1-n1cncn1)C1(c2ccc(Cl)cc2)CC1. The summed E-state index contributed by atoms with van der Waals surface area (Å²) in [4.78, 5) is 21.1. The van der Waals surface area contributed by atoms with Gasteiger partial charge in [0.2, 0.25) is 5.91 Å². The van der Waals surface area contributed by atoms with Gasteiger partial charge in [-0.05, 0) is 36.6 Å². The van der Waals surface area contributed by atoms with Gasteiger partial charge in [0.1, 0.15) is 12.7 Å². The minimum atomic E-state index is -0.430. The van der Waals surface area contributed by atoms with Crippen LogP contribution in [0.25, 0.3) is 5.82 Å². The van der Waals surface area contributed by atoms with Gasteiger partial charge in [-0.15, -0.1) is 0 Å². The Morgan fingerprint density at radius 1 is 1.24 bits per heavy atom. The minimum absolute atomic E-state index is 0.0308. The fraction of sp³-hybridized carbons (Fsp3) is 0.222. The highest BCUT2D eigenvalue weighted by Crippen LogP contribution is 2.48. The van der Waals surface area contributed by atoms with Gasteiger partial charge in [0.05, 0.1) is 5.41 Å². The van der Waals surface area contributed by atoms with Crippen molar-refractivity contribution in [2.75, 3.05) is 0 Å². The van der Waals surface area contributed by atoms with Crippen LogP contribution in [0.1, 0.15) is 24.0 Å². The predicted molar refractivity (Wildman–Crippen MR) is 93.4 cm³/mol. The molecule has 4 rings (SSSR count). The van der Waals surface area contributed by atoms with Crippen LogP contribution in [0.5, 0.6) is 0 Å². The molecule has 0 unspecified atom stereocenters. The second-order valence-corrected chi connectivity index (χ2v) is 6.53. The molecule has 1 saturated carbocycles. The monoisotopic (exact) mass is 353 g/mol. The first-order valence-electron chi connectivity index (χ1n) is 8.02. The van der Waals surface area contributed by atoms with Gasteiger partial charge in [0.15, 0.2) is 5.82 Å². The van der Waals surface area contributed by atoms with Gasteiger partial charge >= 0.3 is 0 Å². The van der Waals surface area contributed by atoms with Crippen LogP contribution >= 0.6 is 11.6 Å². The van der Waals surface area contributed by atoms with E-state index in [0.29, 0.717) is 17.4 Å². The number of hydrogen-bond acceptors (Lipinski definition) is 4. The molecule has 1 aliphatic rings. The van der Waals surface area contributed by atoms with E-state index < -0.39 is 5.41 Å². The average molecular weight is 354 g/mol. The van der Waals surface area contributed by atoms with E-state index in [9.17, 15) is 4.79 Å². The molecule has 0 saturated heterocycles. The van der Waals surface area contributed by atoms with Gasteiger partial charge in [-0.25, -0.2) is 14.6 Å². The number of aromatic nitrogens is 4. The molecule has 0 radical (unpaired) electrons. The van der Waals surface area contributed by atoms with Gasteiger partial charge in [-0.1, -0.05) is 29.8 Å². The van der Waals surface area contributed by atoms with Crippen molar-refractivity contribution < 1.29 is 4.79 Å². The van der Waals surface area contributed by atoms with E-state index in [0.717, 1.165) is 24.0 Å². The standard InChI is InChI=1S/C18H16ClN5O/c19-15-5-3-14(4-6-15)18(7-8-18)17(25)22-10-13-2-1-9-21-16(13)24-12-20-11-23-24/h1-6,9,11-12H,7-8,10H2,(H,22,25). The number of carbonyl (C=O) groups excluding carboxylic acids is 1. The molecule has 1 fully saturated rings. The molecule has 6 nitrogen and oxygen atoms in total. The van der Waals surface area contributed by atoms with E-state index in [2.05, 4.69) is 20.4 Å². The summed E-state index contributed by atoms with van der Waals surface area (Å²) in [5.74, 6) is 0.694. The Morgan fingerprint density at radius 2 is 2.04 bits per heavy atom. The van der Waals surface area contributed by atoms with Crippen molar-refractivity contribution in [1.29, 1.82) is 0 Å². The van der Waals surface area contributed by atoms with E-state index in [1.807, 2.05) is 36.4 Å². The van der Waals surface area contributed by atoms with Crippen molar-refractivity contribution in [2.24, 2.45) is 0 Å². The lowest BCUT2D eigenvalue weighted by atomic mass is 9.95. The fourth-order valence-corrected chi connectivity index (χ4v) is 3.10. The lowest BCUT2D eigenvalue weighted by Crippen LogP contribution is -2.34. The van der Waals surface area contributed by atoms with Crippen LogP contribution in [-0.4, -0.2) is 25.7 Å². The number of rotatable bonds is 5. The molecule has 25 heavy (non-hydrogen) atoms. The van der Waals surface area contributed by atoms with E-state index in [-0.39, 0.29) is 5.91 Å². The second kappa shape index (κ2) is 6.29. The van der Waals surface area contributed by atoms with Crippen molar-refractivity contribution in [3.8, 4) is 5.82 Å². The molecule has 0 atom stereocenters. The van der Waals surface area contributed by atoms with Crippen LogP contribution in [0.15, 0.2) is 55.2 Å². The number of hydrogen-bond donors (Lipinski definition) is 1. The van der Waals surface area contributed by atoms with Crippen LogP contribution in [0.4, 0.5) is 0 Å². The Kier molecular flexibility index (Phi) is 3.97. The number of pyridine rings is 1. The summed E-state index contributed by atoms with van der Waals surface area (Å²) in [6, 6.07) is 11.3. The normalized spacial score (nSPS) is 14.9. The van der Waals surface area contributed by atoms with Gasteiger partial charge in [-0.2, -0.15) is 5.10 Å². The summed E-state index contributed by atoms with van der Waals surface area (Å²) in [5, 5.41) is 7.83. The van der Waals surface area contributed by atoms with Crippen LogP contribution in [0.3, 0.4) is 0 Å². The Hall–Kier alpha value is -2.73. The third-order valence-corrected chi connectivity index (χ3v) is 4.78. The molecule has 1 aromatic carbocycles. The molecule has 0 spiro atoms. The van der Waals surface area contributed by atoms with Gasteiger partial charge < -0.3 is 5.32 Å². The lowest BCUT2D eigenvalue weighted by Gasteiger charge is -2.16. The first kappa shape index (κ1) is 15.8. The Morgan fingerprint density at radius 3 is 2.72 bits per heavy atom. The van der Waals surface area contributed by atoms with Crippen molar-refractivity contribution in [3.05, 3.63) is 71.4 Å². The molecule has 1 N–H and O–H groups in total. The van der Waals surface area contributed by atoms with Gasteiger partial charge in [-0.3, -0.25) is 4.79 Å². The van der Waals surface area contributed by atoms with Crippen molar-refractivity contribution >= 4 is 17.5 Å². The molecule has 2 aromatic heterocycles. The topological polar surface area (TPSA) is 72.7 Å². The van der Waals surface area contributed by atoms with Crippen LogP contribution < -0.4 is 5.32 Å². The Balaban J connectivity index is 1.51. The molecule has 1 aliphatic carbocycles. The van der Waals surface area contributed by atoms with Crippen molar-refractivity contribution in [3.63, 3.8) is 0 Å². The summed E-state index contributed by atoms with van der Waals surface area (Å²) in [6.07, 6.45) is 6.44. The number of benzene rings is 1. The summed E-state index contributed by atoms with van der Waals surface area (Å²) < 4.78 is 1.59. The highest BCUT2D eigenvalue weighted by Gasteiger charge is 2.51. The van der Waals surface area contributed by atoms with Crippen LogP contribution in [0.2, 0.25) is 5.02 Å². The molecule has 2 heterocycles. The van der Waals surface area contributed by atoms with E-state index >= 15 is 0 Å². The molecule has 0 bridgehead atoms. The summed E-state index contributed by atoms with van der Waals surface area (Å²) in [5.41, 5.74) is 1.46. The zero-order valence-corrected chi connectivity index (χ0v) is 14.1. The highest BCUT2D eigenvalue weighted by molar-refractivity contribution is 6.30. The third kappa shape index (κ3) is 3.00. The summed E-state index contributed by atoms with van der Waals surface area (Å²) >= 11 is 5.95. The maximum Gasteiger partial charge on any atom is 0.230 e. The molecule has 0 aliphatic heterocycles. The predicted octanol–water partition coefficient (Wildman–Crippen LogP) is 2.66. The number of amides is 1. The first-order chi connectivity index (χ1) is 12.2. The van der Waals surface area contributed by atoms with Crippen LogP contribution in [0, 0.1) is 0 Å². The molecular formula is C18H16ClN5O. The number of nitrogens with one attached hydrogen (secondary N) is 1. The third-order valence-electron chi connectivity index (χ3n) is 4.52. The smallest absolute Gasteiger partial charge is 0.230 e. The van der Waals surface area contributed by atoms with E-state index in [4.69, 9.17) is 11.6 Å². The Labute approximate surface area is 149 Å². The maximum absolute atomic E-state index is 12.8. The first-order valence-corrected chi connectivity index (χ1v) is 8.40. The largest absolute Gasteiger partial charge is 0.351 e. The van der Waals surface area contributed by atoms with Gasteiger partial charge in [0.25, 0.3) is 0 Å². The fourth-order valence-electron chi connectivity index (χ4n) is 2.98. The van der Waals surface area contributed by atoms with E-state index in [1.165, 1.54) is 6.33 Å². The quantitative estimate of drug-likeness (QED) is 0.765. The number of halogens is 1. The Bertz CT molecular complexity index is 888. The second-order valence-electron chi connectivity index (χ2n) is 6.10. The summed E-state index contributed by atoms with van der Waals surface area (Å²) in [7, 11) is 0. The minimum Gasteiger partial charge on any atom is -0.351 e. The van der Waals surface area contributed by atoms with Gasteiger partial charge in [0, 0.05) is 23.3 Å².